The van der Waals surface area contributed by atoms with Crippen molar-refractivity contribution in [3.8, 4) is 0 Å². The van der Waals surface area contributed by atoms with Gasteiger partial charge in [-0.05, 0) is 134 Å². The normalized spacial score (nSPS) is 46.9. The summed E-state index contributed by atoms with van der Waals surface area (Å²) in [5.74, 6) is 2.55. The molecule has 0 bridgehead atoms. The summed E-state index contributed by atoms with van der Waals surface area (Å²) in [4.78, 5) is 26.5. The summed E-state index contributed by atoms with van der Waals surface area (Å²) < 4.78 is 5.90. The number of fused-ring (bicyclic) bond motifs is 7. The van der Waals surface area contributed by atoms with Crippen molar-refractivity contribution in [1.29, 1.82) is 0 Å². The third-order valence-corrected chi connectivity index (χ3v) is 15.1. The second-order valence-corrected chi connectivity index (χ2v) is 17.6. The van der Waals surface area contributed by atoms with E-state index in [-0.39, 0.29) is 51.4 Å². The van der Waals surface area contributed by atoms with E-state index in [9.17, 15) is 9.59 Å². The number of alkyl carbamates (subject to hydrolysis) is 1. The van der Waals surface area contributed by atoms with Crippen LogP contribution in [0, 0.1) is 50.7 Å². The number of Topliss-reactive ketones (excluding diaryl/α,β-unsaturated/α-hetero) is 1. The van der Waals surface area contributed by atoms with Crippen LogP contribution in [0.15, 0.2) is 11.1 Å². The highest BCUT2D eigenvalue weighted by Crippen LogP contribution is 2.76. The molecule has 2 N–H and O–H groups in total. The standard InChI is InChI=1S/C37H60N2O3/c1-22(2)30-26(40)21-34(6)18-19-36(8)24(31(30)34)12-13-28-35(7)16-15-29(33(4,5)27(35)14-17-37(28,36)9)39-32(41)42-23(3)25-11-10-20-38-25/h22-25,27-29,38H,10-21H2,1-9H3,(H,39,41)/t23-,24+,25?,27-,28+,29?,34-,35-,36+,37+/m0/s1. The predicted octanol–water partition coefficient (Wildman–Crippen LogP) is 8.22. The summed E-state index contributed by atoms with van der Waals surface area (Å²) in [6, 6.07) is 0.417. The fourth-order valence-electron chi connectivity index (χ4n) is 12.7. The molecule has 1 saturated heterocycles. The van der Waals surface area contributed by atoms with Crippen molar-refractivity contribution in [2.24, 2.45) is 50.7 Å². The van der Waals surface area contributed by atoms with Crippen molar-refractivity contribution in [3.63, 3.8) is 0 Å². The summed E-state index contributed by atoms with van der Waals surface area (Å²) in [5, 5.41) is 6.85. The van der Waals surface area contributed by atoms with E-state index in [1.165, 1.54) is 44.1 Å². The quantitative estimate of drug-likeness (QED) is 0.352. The van der Waals surface area contributed by atoms with Gasteiger partial charge in [0.25, 0.3) is 0 Å². The van der Waals surface area contributed by atoms with Gasteiger partial charge >= 0.3 is 6.09 Å². The fraction of sp³-hybridized carbons (Fsp3) is 0.892. The Hall–Kier alpha value is -1.36. The fourth-order valence-corrected chi connectivity index (χ4v) is 12.7. The van der Waals surface area contributed by atoms with Gasteiger partial charge in [-0.25, -0.2) is 4.79 Å². The summed E-state index contributed by atoms with van der Waals surface area (Å²) >= 11 is 0. The number of ether oxygens (including phenoxy) is 1. The Bertz CT molecular complexity index is 1150. The largest absolute Gasteiger partial charge is 0.445 e. The van der Waals surface area contributed by atoms with Gasteiger partial charge in [-0.15, -0.1) is 0 Å². The van der Waals surface area contributed by atoms with Crippen LogP contribution >= 0.6 is 0 Å². The Kier molecular flexibility index (Phi) is 7.35. The maximum atomic E-state index is 13.4. The number of allylic oxidation sites excluding steroid dienone is 2. The Balaban J connectivity index is 1.24. The van der Waals surface area contributed by atoms with Gasteiger partial charge in [-0.3, -0.25) is 4.79 Å². The van der Waals surface area contributed by atoms with Crippen molar-refractivity contribution < 1.29 is 14.3 Å². The number of rotatable bonds is 4. The first-order valence-corrected chi connectivity index (χ1v) is 17.6. The Morgan fingerprint density at radius 2 is 1.62 bits per heavy atom. The Morgan fingerprint density at radius 1 is 0.881 bits per heavy atom. The second kappa shape index (κ2) is 10.1. The lowest BCUT2D eigenvalue weighted by Crippen LogP contribution is -2.66. The van der Waals surface area contributed by atoms with Gasteiger partial charge in [-0.1, -0.05) is 61.0 Å². The van der Waals surface area contributed by atoms with E-state index in [1.807, 2.05) is 6.92 Å². The second-order valence-electron chi connectivity index (χ2n) is 17.6. The molecule has 1 amide bonds. The zero-order chi connectivity index (χ0) is 30.5. The van der Waals surface area contributed by atoms with Crippen LogP contribution in [0.1, 0.15) is 133 Å². The van der Waals surface area contributed by atoms with Crippen LogP contribution in [-0.4, -0.2) is 36.6 Å². The molecule has 0 aromatic rings. The molecule has 0 spiro atoms. The van der Waals surface area contributed by atoms with Crippen LogP contribution < -0.4 is 10.6 Å². The Labute approximate surface area is 256 Å². The number of amides is 1. The molecule has 0 radical (unpaired) electrons. The van der Waals surface area contributed by atoms with E-state index in [0.29, 0.717) is 29.5 Å². The van der Waals surface area contributed by atoms with Gasteiger partial charge in [0, 0.05) is 18.5 Å². The number of nitrogens with one attached hydrogen (secondary N) is 2. The van der Waals surface area contributed by atoms with Gasteiger partial charge in [0.05, 0.1) is 0 Å². The monoisotopic (exact) mass is 580 g/mol. The lowest BCUT2D eigenvalue weighted by atomic mass is 9.33. The summed E-state index contributed by atoms with van der Waals surface area (Å²) in [5.41, 5.74) is 3.63. The Morgan fingerprint density at radius 3 is 2.29 bits per heavy atom. The third-order valence-electron chi connectivity index (χ3n) is 15.1. The molecule has 4 saturated carbocycles. The molecule has 42 heavy (non-hydrogen) atoms. The molecule has 6 aliphatic rings. The molecule has 1 aliphatic heterocycles. The van der Waals surface area contributed by atoms with E-state index >= 15 is 0 Å². The first-order chi connectivity index (χ1) is 19.6. The molecule has 1 heterocycles. The molecule has 5 fully saturated rings. The highest BCUT2D eigenvalue weighted by molar-refractivity contribution is 6.00. The molecule has 0 aromatic heterocycles. The minimum Gasteiger partial charge on any atom is -0.445 e. The molecular weight excluding hydrogens is 520 g/mol. The van der Waals surface area contributed by atoms with E-state index in [4.69, 9.17) is 4.74 Å². The topological polar surface area (TPSA) is 67.4 Å². The van der Waals surface area contributed by atoms with Gasteiger partial charge in [-0.2, -0.15) is 0 Å². The summed E-state index contributed by atoms with van der Waals surface area (Å²) in [6.07, 6.45) is 12.2. The molecule has 5 aliphatic carbocycles. The number of carbonyl (C=O) groups is 2. The van der Waals surface area contributed by atoms with Gasteiger partial charge < -0.3 is 15.4 Å². The number of hydrogen-bond donors (Lipinski definition) is 2. The van der Waals surface area contributed by atoms with Crippen LogP contribution in [0.4, 0.5) is 4.79 Å². The minimum absolute atomic E-state index is 0.0102. The molecule has 236 valence electrons. The predicted molar refractivity (Wildman–Crippen MR) is 169 cm³/mol. The van der Waals surface area contributed by atoms with Crippen molar-refractivity contribution in [1.82, 2.24) is 10.6 Å². The zero-order valence-electron chi connectivity index (χ0n) is 28.3. The smallest absolute Gasteiger partial charge is 0.407 e. The highest BCUT2D eigenvalue weighted by atomic mass is 16.6. The van der Waals surface area contributed by atoms with E-state index in [0.717, 1.165) is 38.6 Å². The maximum Gasteiger partial charge on any atom is 0.407 e. The highest BCUT2D eigenvalue weighted by Gasteiger charge is 2.69. The van der Waals surface area contributed by atoms with Crippen LogP contribution in [0.25, 0.3) is 0 Å². The van der Waals surface area contributed by atoms with Crippen molar-refractivity contribution in [2.45, 2.75) is 151 Å². The summed E-state index contributed by atoms with van der Waals surface area (Å²) in [7, 11) is 0. The number of hydrogen-bond acceptors (Lipinski definition) is 4. The minimum atomic E-state index is -0.239. The summed E-state index contributed by atoms with van der Waals surface area (Å²) in [6.45, 7) is 22.7. The molecular formula is C37H60N2O3. The molecule has 5 heteroatoms. The van der Waals surface area contributed by atoms with E-state index < -0.39 is 0 Å². The molecule has 2 unspecified atom stereocenters. The van der Waals surface area contributed by atoms with Crippen LogP contribution in [0.3, 0.4) is 0 Å². The lowest BCUT2D eigenvalue weighted by molar-refractivity contribution is -0.215. The SMILES string of the molecule is CC(C)C1=C2[C@H]3CC[C@@H]4[C@@]5(C)CCC(NC(=O)O[C@@H](C)C6CCCN6)C(C)(C)[C@@H]5CC[C@@]4(C)[C@]3(C)CC[C@@]2(C)CC1=O. The third kappa shape index (κ3) is 4.24. The average molecular weight is 581 g/mol. The first kappa shape index (κ1) is 30.7. The zero-order valence-corrected chi connectivity index (χ0v) is 28.3. The van der Waals surface area contributed by atoms with E-state index in [2.05, 4.69) is 66.0 Å². The molecule has 0 aromatic carbocycles. The van der Waals surface area contributed by atoms with Gasteiger partial charge in [0.15, 0.2) is 5.78 Å². The molecule has 6 rings (SSSR count). The van der Waals surface area contributed by atoms with Crippen molar-refractivity contribution >= 4 is 11.9 Å². The number of ketones is 1. The van der Waals surface area contributed by atoms with Gasteiger partial charge in [0.2, 0.25) is 0 Å². The van der Waals surface area contributed by atoms with Crippen LogP contribution in [0.2, 0.25) is 0 Å². The van der Waals surface area contributed by atoms with Crippen molar-refractivity contribution in [3.05, 3.63) is 11.1 Å². The van der Waals surface area contributed by atoms with Crippen molar-refractivity contribution in [2.75, 3.05) is 6.54 Å². The van der Waals surface area contributed by atoms with Crippen LogP contribution in [0.5, 0.6) is 0 Å². The molecule has 5 nitrogen and oxygen atoms in total. The lowest BCUT2D eigenvalue weighted by Gasteiger charge is -2.72. The van der Waals surface area contributed by atoms with Crippen LogP contribution in [-0.2, 0) is 9.53 Å². The van der Waals surface area contributed by atoms with E-state index in [1.54, 1.807) is 5.57 Å². The van der Waals surface area contributed by atoms with Gasteiger partial charge in [0.1, 0.15) is 6.10 Å². The molecule has 10 atom stereocenters. The number of carbonyl (C=O) groups excluding carboxylic acids is 2. The average Bonchev–Trinajstić information content (AvgIpc) is 3.52. The first-order valence-electron chi connectivity index (χ1n) is 17.6. The maximum absolute atomic E-state index is 13.4.